The summed E-state index contributed by atoms with van der Waals surface area (Å²) >= 11 is 1.45. The Hall–Kier alpha value is -0.980. The van der Waals surface area contributed by atoms with Gasteiger partial charge in [-0.05, 0) is 19.5 Å². The zero-order chi connectivity index (χ0) is 13.5. The molecule has 18 heavy (non-hydrogen) atoms. The van der Waals surface area contributed by atoms with Crippen LogP contribution in [0.4, 0.5) is 0 Å². The second kappa shape index (κ2) is 7.45. The molecule has 0 radical (unpaired) electrons. The van der Waals surface area contributed by atoms with Crippen LogP contribution < -0.4 is 11.3 Å². The van der Waals surface area contributed by atoms with E-state index in [9.17, 15) is 4.79 Å². The number of nitrogens with zero attached hydrogens (tertiary/aromatic N) is 2. The lowest BCUT2D eigenvalue weighted by Gasteiger charge is -2.15. The number of carbonyl (C=O) groups excluding carboxylic acids is 1. The summed E-state index contributed by atoms with van der Waals surface area (Å²) in [6, 6.07) is 0. The molecule has 0 aromatic carbocycles. The number of hydrogen-bond donors (Lipinski definition) is 2. The van der Waals surface area contributed by atoms with Gasteiger partial charge in [0.05, 0.1) is 12.2 Å². The number of hydrogen-bond acceptors (Lipinski definition) is 5. The monoisotopic (exact) mass is 270 g/mol. The highest BCUT2D eigenvalue weighted by Gasteiger charge is 2.17. The van der Waals surface area contributed by atoms with Gasteiger partial charge in [-0.25, -0.2) is 10.8 Å². The fraction of sp³-hybridized carbons (Fsp3) is 0.667. The minimum absolute atomic E-state index is 0.234. The lowest BCUT2D eigenvalue weighted by Crippen LogP contribution is -2.30. The highest BCUT2D eigenvalue weighted by molar-refractivity contribution is 7.13. The summed E-state index contributed by atoms with van der Waals surface area (Å²) in [5.74, 6) is 4.97. The van der Waals surface area contributed by atoms with E-state index in [1.807, 2.05) is 0 Å². The van der Waals surface area contributed by atoms with E-state index < -0.39 is 0 Å². The van der Waals surface area contributed by atoms with Gasteiger partial charge in [0.2, 0.25) is 0 Å². The predicted octanol–water partition coefficient (Wildman–Crippen LogP) is 1.54. The van der Waals surface area contributed by atoms with E-state index in [0.29, 0.717) is 4.88 Å². The number of rotatable bonds is 7. The maximum absolute atomic E-state index is 11.7. The van der Waals surface area contributed by atoms with Crippen molar-refractivity contribution < 1.29 is 4.79 Å². The predicted molar refractivity (Wildman–Crippen MR) is 74.4 cm³/mol. The quantitative estimate of drug-likeness (QED) is 0.448. The molecule has 1 aromatic rings. The summed E-state index contributed by atoms with van der Waals surface area (Å²) in [6.45, 7) is 9.09. The molecule has 6 heteroatoms. The Bertz CT molecular complexity index is 387. The van der Waals surface area contributed by atoms with E-state index in [-0.39, 0.29) is 5.91 Å². The zero-order valence-corrected chi connectivity index (χ0v) is 12.1. The summed E-state index contributed by atoms with van der Waals surface area (Å²) in [5, 5.41) is 0.987. The summed E-state index contributed by atoms with van der Waals surface area (Å²) in [6.07, 6.45) is 1.79. The third-order valence-corrected chi connectivity index (χ3v) is 3.90. The van der Waals surface area contributed by atoms with E-state index in [1.54, 1.807) is 0 Å². The van der Waals surface area contributed by atoms with Crippen molar-refractivity contribution in [2.75, 3.05) is 13.1 Å². The molecule has 0 fully saturated rings. The zero-order valence-electron chi connectivity index (χ0n) is 11.3. The summed E-state index contributed by atoms with van der Waals surface area (Å²) in [4.78, 5) is 19.2. The highest BCUT2D eigenvalue weighted by atomic mass is 32.1. The number of nitrogens with two attached hydrogens (primary N) is 1. The third kappa shape index (κ3) is 3.76. The van der Waals surface area contributed by atoms with Crippen LogP contribution >= 0.6 is 11.3 Å². The second-order valence-electron chi connectivity index (χ2n) is 4.07. The van der Waals surface area contributed by atoms with E-state index in [1.165, 1.54) is 11.3 Å². The van der Waals surface area contributed by atoms with Crippen LogP contribution in [0.5, 0.6) is 0 Å². The van der Waals surface area contributed by atoms with E-state index in [0.717, 1.165) is 43.2 Å². The van der Waals surface area contributed by atoms with Gasteiger partial charge in [0.1, 0.15) is 9.88 Å². The van der Waals surface area contributed by atoms with Crippen molar-refractivity contribution >= 4 is 17.2 Å². The number of hydrazine groups is 1. The minimum atomic E-state index is -0.234. The van der Waals surface area contributed by atoms with Crippen molar-refractivity contribution in [1.29, 1.82) is 0 Å². The van der Waals surface area contributed by atoms with Gasteiger partial charge in [-0.15, -0.1) is 11.3 Å². The van der Waals surface area contributed by atoms with Gasteiger partial charge in [-0.3, -0.25) is 15.1 Å². The van der Waals surface area contributed by atoms with E-state index in [2.05, 4.69) is 36.1 Å². The first-order valence-corrected chi connectivity index (χ1v) is 7.19. The third-order valence-electron chi connectivity index (χ3n) is 2.82. The van der Waals surface area contributed by atoms with Crippen LogP contribution in [0.3, 0.4) is 0 Å². The maximum Gasteiger partial charge on any atom is 0.277 e. The maximum atomic E-state index is 11.7. The molecular formula is C12H22N4OS. The fourth-order valence-electron chi connectivity index (χ4n) is 1.76. The molecule has 1 rings (SSSR count). The number of nitrogen functional groups attached to an aromatic ring is 1. The van der Waals surface area contributed by atoms with Gasteiger partial charge < -0.3 is 0 Å². The van der Waals surface area contributed by atoms with Crippen LogP contribution in [0.15, 0.2) is 0 Å². The van der Waals surface area contributed by atoms with Crippen LogP contribution in [0, 0.1) is 0 Å². The van der Waals surface area contributed by atoms with Gasteiger partial charge in [-0.1, -0.05) is 27.2 Å². The van der Waals surface area contributed by atoms with Crippen LogP contribution in [0.25, 0.3) is 0 Å². The standard InChI is InChI=1S/C12H22N4OS/c1-4-7-9-11(12(17)15-13)18-10(14-9)8-16(5-2)6-3/h4-8,13H2,1-3H3,(H,15,17). The number of aromatic nitrogens is 1. The lowest BCUT2D eigenvalue weighted by molar-refractivity contribution is 0.0956. The Kier molecular flexibility index (Phi) is 6.24. The highest BCUT2D eigenvalue weighted by Crippen LogP contribution is 2.21. The molecule has 0 aliphatic rings. The molecule has 3 N–H and O–H groups in total. The Morgan fingerprint density at radius 3 is 2.56 bits per heavy atom. The number of aryl methyl sites for hydroxylation is 1. The molecule has 0 saturated carbocycles. The molecule has 1 heterocycles. The van der Waals surface area contributed by atoms with Crippen molar-refractivity contribution in [3.8, 4) is 0 Å². The van der Waals surface area contributed by atoms with Crippen LogP contribution in [0.2, 0.25) is 0 Å². The van der Waals surface area contributed by atoms with Crippen molar-refractivity contribution in [2.45, 2.75) is 40.2 Å². The van der Waals surface area contributed by atoms with Gasteiger partial charge in [0, 0.05) is 0 Å². The van der Waals surface area contributed by atoms with Gasteiger partial charge in [-0.2, -0.15) is 0 Å². The van der Waals surface area contributed by atoms with Gasteiger partial charge >= 0.3 is 0 Å². The molecule has 0 bridgehead atoms. The molecule has 0 aliphatic carbocycles. The Labute approximate surface area is 112 Å². The van der Waals surface area contributed by atoms with Crippen molar-refractivity contribution in [3.63, 3.8) is 0 Å². The first-order chi connectivity index (χ1) is 8.65. The number of nitrogens with one attached hydrogen (secondary N) is 1. The number of thiazole rings is 1. The van der Waals surface area contributed by atoms with E-state index in [4.69, 9.17) is 5.84 Å². The first kappa shape index (κ1) is 15.1. The second-order valence-corrected chi connectivity index (χ2v) is 5.15. The molecule has 0 aliphatic heterocycles. The summed E-state index contributed by atoms with van der Waals surface area (Å²) in [5.41, 5.74) is 3.06. The molecule has 0 saturated heterocycles. The lowest BCUT2D eigenvalue weighted by atomic mass is 10.2. The molecule has 102 valence electrons. The minimum Gasteiger partial charge on any atom is -0.297 e. The summed E-state index contributed by atoms with van der Waals surface area (Å²) < 4.78 is 0. The summed E-state index contributed by atoms with van der Waals surface area (Å²) in [7, 11) is 0. The van der Waals surface area contributed by atoms with Gasteiger partial charge in [0.25, 0.3) is 5.91 Å². The van der Waals surface area contributed by atoms with Crippen LogP contribution in [-0.4, -0.2) is 28.9 Å². The SMILES string of the molecule is CCCc1nc(CN(CC)CC)sc1C(=O)NN. The molecule has 0 atom stereocenters. The number of carbonyl (C=O) groups is 1. The normalized spacial score (nSPS) is 10.9. The van der Waals surface area contributed by atoms with Crippen molar-refractivity contribution in [1.82, 2.24) is 15.3 Å². The largest absolute Gasteiger partial charge is 0.297 e. The smallest absolute Gasteiger partial charge is 0.277 e. The molecular weight excluding hydrogens is 248 g/mol. The molecule has 0 unspecified atom stereocenters. The molecule has 0 spiro atoms. The average molecular weight is 270 g/mol. The van der Waals surface area contributed by atoms with Crippen LogP contribution in [0.1, 0.15) is 47.6 Å². The van der Waals surface area contributed by atoms with Gasteiger partial charge in [0.15, 0.2) is 0 Å². The Balaban J connectivity index is 2.90. The number of amides is 1. The Morgan fingerprint density at radius 2 is 2.06 bits per heavy atom. The van der Waals surface area contributed by atoms with Crippen molar-refractivity contribution in [2.24, 2.45) is 5.84 Å². The molecule has 5 nitrogen and oxygen atoms in total. The van der Waals surface area contributed by atoms with E-state index >= 15 is 0 Å². The molecule has 1 amide bonds. The topological polar surface area (TPSA) is 71.2 Å². The molecule has 1 aromatic heterocycles. The fourth-order valence-corrected chi connectivity index (χ4v) is 2.81. The average Bonchev–Trinajstić information content (AvgIpc) is 2.78. The van der Waals surface area contributed by atoms with Crippen LogP contribution in [-0.2, 0) is 13.0 Å². The first-order valence-electron chi connectivity index (χ1n) is 6.38. The van der Waals surface area contributed by atoms with Crippen molar-refractivity contribution in [3.05, 3.63) is 15.6 Å². The Morgan fingerprint density at radius 1 is 1.39 bits per heavy atom.